The molecular formula is C51H54F7N7O6. The van der Waals surface area contributed by atoms with E-state index < -0.39 is 112 Å². The van der Waals surface area contributed by atoms with Gasteiger partial charge in [0.2, 0.25) is 5.88 Å². The molecule has 20 heteroatoms. The Labute approximate surface area is 405 Å². The zero-order valence-electron chi connectivity index (χ0n) is 40.3. The second kappa shape index (κ2) is 17.5. The van der Waals surface area contributed by atoms with Gasteiger partial charge in [-0.1, -0.05) is 24.3 Å². The molecule has 378 valence electrons. The van der Waals surface area contributed by atoms with Crippen molar-refractivity contribution in [2.45, 2.75) is 121 Å². The number of pyridine rings is 1. The molecule has 4 fully saturated rings. The molecule has 0 aliphatic carbocycles. The number of aryl methyl sites for hydroxylation is 1. The molecule has 2 aromatic heterocycles. The summed E-state index contributed by atoms with van der Waals surface area (Å²) >= 11 is 0. The van der Waals surface area contributed by atoms with Crippen LogP contribution in [0.25, 0.3) is 22.2 Å². The number of carbonyl (C=O) groups is 1. The monoisotopic (exact) mass is 993 g/mol. The number of piperazine rings is 1. The highest BCUT2D eigenvalue weighted by atomic mass is 19.4. The predicted molar refractivity (Wildman–Crippen MR) is 248 cm³/mol. The van der Waals surface area contributed by atoms with Gasteiger partial charge in [-0.3, -0.25) is 9.80 Å². The van der Waals surface area contributed by atoms with Gasteiger partial charge in [-0.2, -0.15) is 23.1 Å². The molecular weight excluding hydrogens is 940 g/mol. The molecule has 13 nitrogen and oxygen atoms in total. The molecule has 10 rings (SSSR count). The van der Waals surface area contributed by atoms with Gasteiger partial charge < -0.3 is 33.5 Å². The first-order valence-corrected chi connectivity index (χ1v) is 23.6. The van der Waals surface area contributed by atoms with E-state index in [4.69, 9.17) is 28.7 Å². The summed E-state index contributed by atoms with van der Waals surface area (Å²) in [6.07, 6.45) is -5.66. The van der Waals surface area contributed by atoms with Crippen molar-refractivity contribution in [2.75, 3.05) is 50.3 Å². The van der Waals surface area contributed by atoms with Gasteiger partial charge >= 0.3 is 18.3 Å². The van der Waals surface area contributed by atoms with Crippen molar-refractivity contribution >= 4 is 28.5 Å². The SMILES string of the molecule is COc1ccc(CN(Cc2ccc(OC)cc2)c2cc(C)c(C(F)(F)F)c(-c3nc4c5c(nc(OCC67CCN6CC(F)(F)C7)nc5c3F)N3C[C@H]5CC[C@@H]([C@H]3[C@H](C)O4)N5C(=O)OC(C)(C)C)c2F)cc1. The smallest absolute Gasteiger partial charge is 0.417 e. The molecule has 1 unspecified atom stereocenters. The van der Waals surface area contributed by atoms with Gasteiger partial charge in [0.05, 0.1) is 61.2 Å². The highest BCUT2D eigenvalue weighted by molar-refractivity contribution is 5.98. The fraction of sp³-hybridized carbons (Fsp3) is 0.490. The van der Waals surface area contributed by atoms with Gasteiger partial charge in [-0.15, -0.1) is 0 Å². The maximum absolute atomic E-state index is 18.0. The summed E-state index contributed by atoms with van der Waals surface area (Å²) in [5.74, 6) is -5.02. The third-order valence-electron chi connectivity index (χ3n) is 14.4. The first-order valence-electron chi connectivity index (χ1n) is 23.6. The summed E-state index contributed by atoms with van der Waals surface area (Å²) in [6.45, 7) is 7.96. The number of rotatable bonds is 11. The van der Waals surface area contributed by atoms with Crippen LogP contribution in [0.1, 0.15) is 75.6 Å². The van der Waals surface area contributed by atoms with Crippen molar-refractivity contribution in [3.8, 4) is 34.6 Å². The van der Waals surface area contributed by atoms with Crippen LogP contribution in [0.5, 0.6) is 23.4 Å². The van der Waals surface area contributed by atoms with Crippen LogP contribution in [-0.2, 0) is 24.0 Å². The van der Waals surface area contributed by atoms with Crippen LogP contribution < -0.4 is 28.7 Å². The first kappa shape index (κ1) is 48.3. The lowest BCUT2D eigenvalue weighted by molar-refractivity contribution is -0.137. The zero-order chi connectivity index (χ0) is 50.5. The lowest BCUT2D eigenvalue weighted by atomic mass is 9.85. The van der Waals surface area contributed by atoms with Crippen LogP contribution in [0.4, 0.5) is 47.0 Å². The molecule has 5 aliphatic heterocycles. The summed E-state index contributed by atoms with van der Waals surface area (Å²) < 4.78 is 141. The van der Waals surface area contributed by atoms with E-state index in [1.165, 1.54) is 21.1 Å². The zero-order valence-corrected chi connectivity index (χ0v) is 40.3. The highest BCUT2D eigenvalue weighted by Crippen LogP contribution is 2.51. The average Bonchev–Trinajstić information content (AvgIpc) is 3.66. The minimum atomic E-state index is -5.23. The van der Waals surface area contributed by atoms with Crippen LogP contribution in [0.2, 0.25) is 0 Å². The first-order chi connectivity index (χ1) is 33.6. The van der Waals surface area contributed by atoms with Crippen molar-refractivity contribution < 1.29 is 59.2 Å². The van der Waals surface area contributed by atoms with Crippen molar-refractivity contribution in [3.63, 3.8) is 0 Å². The van der Waals surface area contributed by atoms with Gasteiger partial charge in [0, 0.05) is 32.6 Å². The van der Waals surface area contributed by atoms with Gasteiger partial charge in [0.1, 0.15) is 52.2 Å². The second-order valence-electron chi connectivity index (χ2n) is 20.3. The molecule has 5 aromatic rings. The lowest BCUT2D eigenvalue weighted by Crippen LogP contribution is -2.65. The Kier molecular flexibility index (Phi) is 11.9. The number of alkyl halides is 5. The summed E-state index contributed by atoms with van der Waals surface area (Å²) in [4.78, 5) is 34.2. The standard InChI is InChI=1S/C51H54F7N7O6/c1-27-20-35(62(21-29-8-13-32(67-6)14-9-29)22-30-10-15-33(68-7)16-11-30)39(52)36(38(27)51(56,57)58)41-40(53)42-37-44(61-46(60-42)69-26-49-18-19-63(49)25-50(54,55)24-49)64-23-31-12-17-34(43(64)28(2)70-45(37)59-41)65(31)47(66)71-48(3,4)5/h8-11,13-16,20,28,31,34,43H,12,17-19,21-26H2,1-7H3/t28-,31+,34-,43+,49?/m0/s1. The van der Waals surface area contributed by atoms with Crippen LogP contribution >= 0.6 is 0 Å². The number of halogens is 7. The number of hydrogen-bond acceptors (Lipinski definition) is 12. The fourth-order valence-electron chi connectivity index (χ4n) is 11.2. The Bertz CT molecular complexity index is 2830. The van der Waals surface area contributed by atoms with E-state index in [1.54, 1.807) is 90.9 Å². The van der Waals surface area contributed by atoms with E-state index >= 15 is 22.0 Å². The van der Waals surface area contributed by atoms with Crippen LogP contribution in [0.3, 0.4) is 0 Å². The Morgan fingerprint density at radius 1 is 0.915 bits per heavy atom. The third-order valence-corrected chi connectivity index (χ3v) is 14.4. The predicted octanol–water partition coefficient (Wildman–Crippen LogP) is 10.1. The van der Waals surface area contributed by atoms with Gasteiger partial charge in [0.15, 0.2) is 11.6 Å². The largest absolute Gasteiger partial charge is 0.497 e. The number of methoxy groups -OCH3 is 2. The van der Waals surface area contributed by atoms with E-state index in [9.17, 15) is 13.6 Å². The minimum absolute atomic E-state index is 0.00146. The molecule has 0 N–H and O–H groups in total. The van der Waals surface area contributed by atoms with E-state index in [0.717, 1.165) is 6.07 Å². The Balaban J connectivity index is 1.15. The maximum atomic E-state index is 18.0. The molecule has 71 heavy (non-hydrogen) atoms. The van der Waals surface area contributed by atoms with E-state index in [0.29, 0.717) is 48.4 Å². The van der Waals surface area contributed by atoms with Gasteiger partial charge in [-0.05, 0) is 101 Å². The molecule has 1 amide bonds. The number of aromatic nitrogens is 3. The summed E-state index contributed by atoms with van der Waals surface area (Å²) in [5, 5.41) is -0.114. The van der Waals surface area contributed by atoms with Crippen molar-refractivity contribution in [3.05, 3.63) is 88.5 Å². The molecule has 2 bridgehead atoms. The summed E-state index contributed by atoms with van der Waals surface area (Å²) in [7, 11) is 3.01. The van der Waals surface area contributed by atoms with E-state index in [-0.39, 0.29) is 49.0 Å². The average molecular weight is 994 g/mol. The quantitative estimate of drug-likeness (QED) is 0.117. The topological polar surface area (TPSA) is 115 Å². The number of nitrogens with zero attached hydrogens (tertiary/aromatic N) is 7. The highest BCUT2D eigenvalue weighted by Gasteiger charge is 2.60. The number of anilines is 2. The van der Waals surface area contributed by atoms with Gasteiger partial charge in [-0.25, -0.2) is 27.3 Å². The van der Waals surface area contributed by atoms with E-state index in [1.807, 2.05) is 4.90 Å². The Morgan fingerprint density at radius 2 is 1.56 bits per heavy atom. The lowest BCUT2D eigenvalue weighted by Gasteiger charge is -2.48. The number of benzene rings is 3. The molecule has 0 radical (unpaired) electrons. The van der Waals surface area contributed by atoms with Gasteiger partial charge in [0.25, 0.3) is 5.92 Å². The normalized spacial score (nSPS) is 23.4. The molecule has 7 heterocycles. The molecule has 5 atom stereocenters. The third kappa shape index (κ3) is 8.72. The molecule has 0 spiro atoms. The maximum Gasteiger partial charge on any atom is 0.417 e. The molecule has 0 saturated carbocycles. The van der Waals surface area contributed by atoms with Crippen molar-refractivity contribution in [2.24, 2.45) is 0 Å². The number of carbonyl (C=O) groups excluding carboxylic acids is 1. The van der Waals surface area contributed by atoms with Crippen molar-refractivity contribution in [1.82, 2.24) is 24.8 Å². The molecule has 4 saturated heterocycles. The van der Waals surface area contributed by atoms with Crippen LogP contribution in [-0.4, -0.2) is 113 Å². The summed E-state index contributed by atoms with van der Waals surface area (Å²) in [5.41, 5.74) is -5.49. The molecule has 3 aromatic carbocycles. The Morgan fingerprint density at radius 3 is 2.13 bits per heavy atom. The van der Waals surface area contributed by atoms with E-state index in [2.05, 4.69) is 9.97 Å². The minimum Gasteiger partial charge on any atom is -0.497 e. The van der Waals surface area contributed by atoms with Crippen LogP contribution in [0, 0.1) is 18.6 Å². The van der Waals surface area contributed by atoms with Crippen LogP contribution in [0.15, 0.2) is 54.6 Å². The van der Waals surface area contributed by atoms with Crippen molar-refractivity contribution in [1.29, 1.82) is 0 Å². The number of fused-ring (bicyclic) bond motifs is 6. The fourth-order valence-corrected chi connectivity index (χ4v) is 11.2. The number of amides is 1. The Hall–Kier alpha value is -6.31. The molecule has 5 aliphatic rings. The summed E-state index contributed by atoms with van der Waals surface area (Å²) in [6, 6.07) is 12.8. The number of hydrogen-bond donors (Lipinski definition) is 0. The number of ether oxygens (including phenoxy) is 5. The second-order valence-corrected chi connectivity index (χ2v) is 20.3.